The number of aromatic nitrogens is 1. The molecule has 3 rings (SSSR count). The molecule has 1 aromatic rings. The Morgan fingerprint density at radius 1 is 1.29 bits per heavy atom. The van der Waals surface area contributed by atoms with Crippen LogP contribution < -0.4 is 16.2 Å². The molecule has 0 spiro atoms. The van der Waals surface area contributed by atoms with Crippen molar-refractivity contribution >= 4 is 11.7 Å². The van der Waals surface area contributed by atoms with Crippen LogP contribution in [0.3, 0.4) is 0 Å². The van der Waals surface area contributed by atoms with E-state index in [1.54, 1.807) is 0 Å². The molecule has 2 heterocycles. The topological polar surface area (TPSA) is 91.1 Å². The first-order valence-electron chi connectivity index (χ1n) is 8.60. The molecule has 6 nitrogen and oxygen atoms in total. The molecule has 0 aromatic carbocycles. The zero-order valence-corrected chi connectivity index (χ0v) is 14.5. The van der Waals surface area contributed by atoms with Crippen LogP contribution in [0.15, 0.2) is 10.9 Å². The molecule has 6 heteroatoms. The predicted molar refractivity (Wildman–Crippen MR) is 91.4 cm³/mol. The monoisotopic (exact) mass is 331 g/mol. The van der Waals surface area contributed by atoms with Crippen molar-refractivity contribution in [3.63, 3.8) is 0 Å². The lowest BCUT2D eigenvalue weighted by atomic mass is 9.75. The number of amides is 1. The normalized spacial score (nSPS) is 25.9. The molecule has 3 N–H and O–H groups in total. The summed E-state index contributed by atoms with van der Waals surface area (Å²) in [6.45, 7) is 6.97. The van der Waals surface area contributed by atoms with Gasteiger partial charge in [0.25, 0.3) is 11.5 Å². The van der Waals surface area contributed by atoms with Gasteiger partial charge >= 0.3 is 0 Å². The zero-order valence-electron chi connectivity index (χ0n) is 14.5. The molecular formula is C18H25N3O3. The molecule has 1 aliphatic heterocycles. The van der Waals surface area contributed by atoms with Crippen LogP contribution >= 0.6 is 0 Å². The van der Waals surface area contributed by atoms with Gasteiger partial charge in [-0.15, -0.1) is 0 Å². The molecule has 2 unspecified atom stereocenters. The number of hydrogen-bond acceptors (Lipinski definition) is 4. The van der Waals surface area contributed by atoms with E-state index in [1.807, 2.05) is 20.8 Å². The first-order chi connectivity index (χ1) is 11.3. The van der Waals surface area contributed by atoms with Crippen molar-refractivity contribution in [1.29, 1.82) is 0 Å². The third-order valence-corrected chi connectivity index (χ3v) is 5.04. The Bertz CT molecular complexity index is 736. The average Bonchev–Trinajstić information content (AvgIpc) is 2.47. The van der Waals surface area contributed by atoms with Crippen LogP contribution in [0.5, 0.6) is 0 Å². The van der Waals surface area contributed by atoms with Crippen molar-refractivity contribution in [2.24, 2.45) is 5.41 Å². The van der Waals surface area contributed by atoms with E-state index >= 15 is 0 Å². The smallest absolute Gasteiger partial charge is 0.261 e. The lowest BCUT2D eigenvalue weighted by Gasteiger charge is -2.31. The fourth-order valence-electron chi connectivity index (χ4n) is 3.68. The number of hydrogen-bond donors (Lipinski definition) is 3. The number of H-pyrrole nitrogens is 1. The van der Waals surface area contributed by atoms with Gasteiger partial charge in [-0.25, -0.2) is 0 Å². The third-order valence-electron chi connectivity index (χ3n) is 5.04. The van der Waals surface area contributed by atoms with E-state index in [1.165, 1.54) is 6.07 Å². The molecule has 24 heavy (non-hydrogen) atoms. The number of ketones is 1. The van der Waals surface area contributed by atoms with Crippen LogP contribution in [0.25, 0.3) is 0 Å². The number of Topliss-reactive ketones (excluding diaryl/α,β-unsaturated/α-hetero) is 1. The predicted octanol–water partition coefficient (Wildman–Crippen LogP) is 1.40. The van der Waals surface area contributed by atoms with Crippen LogP contribution in [0, 0.1) is 5.41 Å². The van der Waals surface area contributed by atoms with E-state index < -0.39 is 11.5 Å². The van der Waals surface area contributed by atoms with E-state index in [2.05, 4.69) is 15.6 Å². The average molecular weight is 331 g/mol. The van der Waals surface area contributed by atoms with Gasteiger partial charge in [-0.3, -0.25) is 14.4 Å². The minimum atomic E-state index is -0.423. The van der Waals surface area contributed by atoms with Crippen LogP contribution in [-0.4, -0.2) is 35.3 Å². The Hall–Kier alpha value is -1.95. The van der Waals surface area contributed by atoms with Gasteiger partial charge < -0.3 is 15.6 Å². The number of carbonyl (C=O) groups excluding carboxylic acids is 2. The summed E-state index contributed by atoms with van der Waals surface area (Å²) in [7, 11) is 0. The van der Waals surface area contributed by atoms with Crippen LogP contribution in [0.1, 0.15) is 66.4 Å². The highest BCUT2D eigenvalue weighted by atomic mass is 16.2. The molecule has 2 atom stereocenters. The van der Waals surface area contributed by atoms with E-state index in [9.17, 15) is 14.4 Å². The van der Waals surface area contributed by atoms with Gasteiger partial charge in [0.05, 0.1) is 0 Å². The number of aromatic amines is 1. The standard InChI is InChI=1S/C18H25N3O3/c1-10-13(5-4-6-19-10)20-16(23)12-7-11-14(21-17(12)24)8-18(2,3)9-15(11)22/h7,10,13,19H,4-6,8-9H2,1-3H3,(H,20,23)(H,21,24). The number of nitrogens with one attached hydrogen (secondary N) is 3. The van der Waals surface area contributed by atoms with E-state index in [-0.39, 0.29) is 28.8 Å². The molecule has 1 saturated heterocycles. The number of carbonyl (C=O) groups is 2. The van der Waals surface area contributed by atoms with Crippen molar-refractivity contribution in [2.45, 2.75) is 58.5 Å². The van der Waals surface area contributed by atoms with E-state index in [0.717, 1.165) is 19.4 Å². The number of pyridine rings is 1. The Morgan fingerprint density at radius 3 is 2.75 bits per heavy atom. The van der Waals surface area contributed by atoms with Gasteiger partial charge in [-0.05, 0) is 44.2 Å². The lowest BCUT2D eigenvalue weighted by Crippen LogP contribution is -2.52. The molecule has 0 saturated carbocycles. The van der Waals surface area contributed by atoms with Gasteiger partial charge in [0.1, 0.15) is 5.56 Å². The van der Waals surface area contributed by atoms with Gasteiger partial charge in [0, 0.05) is 29.8 Å². The van der Waals surface area contributed by atoms with Crippen molar-refractivity contribution in [3.05, 3.63) is 33.2 Å². The summed E-state index contributed by atoms with van der Waals surface area (Å²) >= 11 is 0. The second kappa shape index (κ2) is 6.16. The highest BCUT2D eigenvalue weighted by Crippen LogP contribution is 2.33. The quantitative estimate of drug-likeness (QED) is 0.764. The maximum Gasteiger partial charge on any atom is 0.261 e. The molecule has 1 aliphatic carbocycles. The zero-order chi connectivity index (χ0) is 17.5. The summed E-state index contributed by atoms with van der Waals surface area (Å²) in [4.78, 5) is 40.0. The molecule has 130 valence electrons. The summed E-state index contributed by atoms with van der Waals surface area (Å²) in [5.74, 6) is -0.420. The van der Waals surface area contributed by atoms with E-state index in [0.29, 0.717) is 24.1 Å². The molecule has 1 aromatic heterocycles. The summed E-state index contributed by atoms with van der Waals surface area (Å²) in [6, 6.07) is 1.64. The fraction of sp³-hybridized carbons (Fsp3) is 0.611. The van der Waals surface area contributed by atoms with Crippen LogP contribution in [-0.2, 0) is 6.42 Å². The van der Waals surface area contributed by atoms with Gasteiger partial charge in [0.15, 0.2) is 5.78 Å². The van der Waals surface area contributed by atoms with Crippen LogP contribution in [0.4, 0.5) is 0 Å². The first-order valence-corrected chi connectivity index (χ1v) is 8.60. The minimum Gasteiger partial charge on any atom is -0.348 e. The second-order valence-electron chi connectivity index (χ2n) is 7.81. The SMILES string of the molecule is CC1NCCCC1NC(=O)c1cc2c([nH]c1=O)CC(C)(C)CC2=O. The summed E-state index contributed by atoms with van der Waals surface area (Å²) < 4.78 is 0. The lowest BCUT2D eigenvalue weighted by molar-refractivity contribution is 0.0910. The number of fused-ring (bicyclic) bond motifs is 1. The summed E-state index contributed by atoms with van der Waals surface area (Å²) in [6.07, 6.45) is 2.94. The molecule has 1 fully saturated rings. The molecular weight excluding hydrogens is 306 g/mol. The fourth-order valence-corrected chi connectivity index (χ4v) is 3.68. The molecule has 0 radical (unpaired) electrons. The second-order valence-corrected chi connectivity index (χ2v) is 7.81. The van der Waals surface area contributed by atoms with Gasteiger partial charge in [-0.1, -0.05) is 13.8 Å². The Labute approximate surface area is 141 Å². The summed E-state index contributed by atoms with van der Waals surface area (Å²) in [5.41, 5.74) is 0.562. The highest BCUT2D eigenvalue weighted by molar-refractivity contribution is 6.02. The highest BCUT2D eigenvalue weighted by Gasteiger charge is 2.33. The Balaban J connectivity index is 1.87. The maximum absolute atomic E-state index is 12.5. The summed E-state index contributed by atoms with van der Waals surface area (Å²) in [5, 5.41) is 6.25. The molecule has 2 aliphatic rings. The minimum absolute atomic E-state index is 0.00341. The Morgan fingerprint density at radius 2 is 2.04 bits per heavy atom. The largest absolute Gasteiger partial charge is 0.348 e. The van der Waals surface area contributed by atoms with Crippen molar-refractivity contribution in [1.82, 2.24) is 15.6 Å². The van der Waals surface area contributed by atoms with Crippen LogP contribution in [0.2, 0.25) is 0 Å². The number of piperidine rings is 1. The van der Waals surface area contributed by atoms with Crippen molar-refractivity contribution in [2.75, 3.05) is 6.54 Å². The van der Waals surface area contributed by atoms with E-state index in [4.69, 9.17) is 0 Å². The maximum atomic E-state index is 12.5. The van der Waals surface area contributed by atoms with Gasteiger partial charge in [0.2, 0.25) is 0 Å². The Kier molecular flexibility index (Phi) is 4.34. The van der Waals surface area contributed by atoms with Crippen molar-refractivity contribution < 1.29 is 9.59 Å². The van der Waals surface area contributed by atoms with Crippen molar-refractivity contribution in [3.8, 4) is 0 Å². The molecule has 1 amide bonds. The van der Waals surface area contributed by atoms with Gasteiger partial charge in [-0.2, -0.15) is 0 Å². The third kappa shape index (κ3) is 3.29. The first kappa shape index (κ1) is 16.9. The number of rotatable bonds is 2. The molecule has 0 bridgehead atoms.